The van der Waals surface area contributed by atoms with Crippen molar-refractivity contribution in [3.63, 3.8) is 0 Å². The molecule has 0 aliphatic heterocycles. The lowest BCUT2D eigenvalue weighted by Gasteiger charge is -2.19. The van der Waals surface area contributed by atoms with Crippen LogP contribution < -0.4 is 10.2 Å². The molecule has 1 aromatic heterocycles. The SMILES string of the molecule is CN(CCCNc1cc(Cl)ncn1)c1ccccc1. The first kappa shape index (κ1) is 13.6. The van der Waals surface area contributed by atoms with E-state index in [0.717, 1.165) is 25.3 Å². The zero-order chi connectivity index (χ0) is 13.5. The van der Waals surface area contributed by atoms with Crippen molar-refractivity contribution in [2.45, 2.75) is 6.42 Å². The van der Waals surface area contributed by atoms with E-state index in [4.69, 9.17) is 11.6 Å². The molecule has 100 valence electrons. The summed E-state index contributed by atoms with van der Waals surface area (Å²) in [4.78, 5) is 10.2. The van der Waals surface area contributed by atoms with E-state index in [1.54, 1.807) is 6.07 Å². The van der Waals surface area contributed by atoms with E-state index in [1.807, 2.05) is 18.2 Å². The molecule has 5 heteroatoms. The molecule has 0 spiro atoms. The summed E-state index contributed by atoms with van der Waals surface area (Å²) >= 11 is 5.79. The van der Waals surface area contributed by atoms with Crippen LogP contribution in [0.1, 0.15) is 6.42 Å². The first-order valence-electron chi connectivity index (χ1n) is 6.23. The summed E-state index contributed by atoms with van der Waals surface area (Å²) in [7, 11) is 2.09. The van der Waals surface area contributed by atoms with Crippen LogP contribution >= 0.6 is 11.6 Å². The molecule has 4 nitrogen and oxygen atoms in total. The fourth-order valence-corrected chi connectivity index (χ4v) is 1.92. The second-order valence-corrected chi connectivity index (χ2v) is 4.65. The smallest absolute Gasteiger partial charge is 0.134 e. The van der Waals surface area contributed by atoms with Gasteiger partial charge in [0, 0.05) is 31.9 Å². The van der Waals surface area contributed by atoms with Crippen LogP contribution in [0.4, 0.5) is 11.5 Å². The van der Waals surface area contributed by atoms with Gasteiger partial charge in [-0.2, -0.15) is 0 Å². The van der Waals surface area contributed by atoms with E-state index in [2.05, 4.69) is 39.4 Å². The third kappa shape index (κ3) is 4.41. The summed E-state index contributed by atoms with van der Waals surface area (Å²) in [5.74, 6) is 0.766. The molecule has 0 saturated heterocycles. The van der Waals surface area contributed by atoms with Crippen LogP contribution in [-0.4, -0.2) is 30.1 Å². The monoisotopic (exact) mass is 276 g/mol. The molecule has 0 fully saturated rings. The Kier molecular flexibility index (Phi) is 4.98. The number of nitrogens with zero attached hydrogens (tertiary/aromatic N) is 3. The van der Waals surface area contributed by atoms with E-state index in [9.17, 15) is 0 Å². The van der Waals surface area contributed by atoms with Gasteiger partial charge in [0.2, 0.25) is 0 Å². The molecule has 2 aromatic rings. The summed E-state index contributed by atoms with van der Waals surface area (Å²) in [5.41, 5.74) is 1.23. The highest BCUT2D eigenvalue weighted by atomic mass is 35.5. The van der Waals surface area contributed by atoms with Gasteiger partial charge in [0.05, 0.1) is 0 Å². The Labute approximate surface area is 118 Å². The van der Waals surface area contributed by atoms with Crippen molar-refractivity contribution >= 4 is 23.1 Å². The maximum absolute atomic E-state index is 5.79. The number of hydrogen-bond acceptors (Lipinski definition) is 4. The van der Waals surface area contributed by atoms with Gasteiger partial charge in [-0.25, -0.2) is 9.97 Å². The lowest BCUT2D eigenvalue weighted by Crippen LogP contribution is -2.20. The third-order valence-electron chi connectivity index (χ3n) is 2.81. The zero-order valence-electron chi connectivity index (χ0n) is 10.9. The maximum atomic E-state index is 5.79. The molecular formula is C14H17ClN4. The number of aromatic nitrogens is 2. The molecule has 0 saturated carbocycles. The van der Waals surface area contributed by atoms with Crippen molar-refractivity contribution in [2.75, 3.05) is 30.4 Å². The summed E-state index contributed by atoms with van der Waals surface area (Å²) in [6, 6.07) is 12.1. The molecular weight excluding hydrogens is 260 g/mol. The zero-order valence-corrected chi connectivity index (χ0v) is 11.6. The van der Waals surface area contributed by atoms with Crippen LogP contribution in [0.2, 0.25) is 5.15 Å². The number of para-hydroxylation sites is 1. The Bertz CT molecular complexity index is 504. The van der Waals surface area contributed by atoms with Gasteiger partial charge in [0.1, 0.15) is 17.3 Å². The molecule has 0 aliphatic carbocycles. The van der Waals surface area contributed by atoms with Crippen LogP contribution in [0.5, 0.6) is 0 Å². The summed E-state index contributed by atoms with van der Waals surface area (Å²) in [6.07, 6.45) is 2.48. The third-order valence-corrected chi connectivity index (χ3v) is 3.01. The molecule has 2 rings (SSSR count). The summed E-state index contributed by atoms with van der Waals surface area (Å²) in [5, 5.41) is 3.69. The second kappa shape index (κ2) is 6.95. The largest absolute Gasteiger partial charge is 0.375 e. The number of anilines is 2. The van der Waals surface area contributed by atoms with Crippen molar-refractivity contribution in [3.8, 4) is 0 Å². The summed E-state index contributed by atoms with van der Waals surface area (Å²) < 4.78 is 0. The number of benzene rings is 1. The van der Waals surface area contributed by atoms with Gasteiger partial charge in [-0.3, -0.25) is 0 Å². The minimum absolute atomic E-state index is 0.457. The average Bonchev–Trinajstić information content (AvgIpc) is 2.44. The first-order chi connectivity index (χ1) is 9.25. The Morgan fingerprint density at radius 2 is 2.00 bits per heavy atom. The standard InChI is InChI=1S/C14H17ClN4/c1-19(12-6-3-2-4-7-12)9-5-8-16-14-10-13(15)17-11-18-14/h2-4,6-7,10-11H,5,8-9H2,1H3,(H,16,17,18). The molecule has 0 amide bonds. The lowest BCUT2D eigenvalue weighted by molar-refractivity contribution is 0.814. The highest BCUT2D eigenvalue weighted by Gasteiger charge is 2.00. The van der Waals surface area contributed by atoms with E-state index in [1.165, 1.54) is 12.0 Å². The predicted octanol–water partition coefficient (Wildman–Crippen LogP) is 3.07. The highest BCUT2D eigenvalue weighted by molar-refractivity contribution is 6.29. The van der Waals surface area contributed by atoms with Crippen molar-refractivity contribution in [3.05, 3.63) is 47.9 Å². The van der Waals surface area contributed by atoms with Gasteiger partial charge < -0.3 is 10.2 Å². The Morgan fingerprint density at radius 1 is 1.21 bits per heavy atom. The molecule has 0 atom stereocenters. The number of nitrogens with one attached hydrogen (secondary N) is 1. The molecule has 1 heterocycles. The fraction of sp³-hybridized carbons (Fsp3) is 0.286. The Balaban J connectivity index is 1.72. The van der Waals surface area contributed by atoms with Crippen LogP contribution in [-0.2, 0) is 0 Å². The van der Waals surface area contributed by atoms with E-state index < -0.39 is 0 Å². The van der Waals surface area contributed by atoms with E-state index >= 15 is 0 Å². The van der Waals surface area contributed by atoms with Crippen molar-refractivity contribution in [1.29, 1.82) is 0 Å². The van der Waals surface area contributed by atoms with Gasteiger partial charge in [0.15, 0.2) is 0 Å². The lowest BCUT2D eigenvalue weighted by atomic mass is 10.3. The second-order valence-electron chi connectivity index (χ2n) is 4.26. The van der Waals surface area contributed by atoms with Gasteiger partial charge in [-0.05, 0) is 18.6 Å². The van der Waals surface area contributed by atoms with Crippen LogP contribution in [0.15, 0.2) is 42.7 Å². The molecule has 0 radical (unpaired) electrons. The van der Waals surface area contributed by atoms with Crippen molar-refractivity contribution < 1.29 is 0 Å². The van der Waals surface area contributed by atoms with Gasteiger partial charge in [-0.15, -0.1) is 0 Å². The molecule has 0 bridgehead atoms. The Hall–Kier alpha value is -1.81. The Morgan fingerprint density at radius 3 is 2.74 bits per heavy atom. The molecule has 19 heavy (non-hydrogen) atoms. The van der Waals surface area contributed by atoms with Crippen molar-refractivity contribution in [1.82, 2.24) is 9.97 Å². The minimum atomic E-state index is 0.457. The van der Waals surface area contributed by atoms with Gasteiger partial charge in [-0.1, -0.05) is 29.8 Å². The van der Waals surface area contributed by atoms with E-state index in [0.29, 0.717) is 5.15 Å². The maximum Gasteiger partial charge on any atom is 0.134 e. The predicted molar refractivity (Wildman–Crippen MR) is 79.9 cm³/mol. The molecule has 0 unspecified atom stereocenters. The number of hydrogen-bond donors (Lipinski definition) is 1. The van der Waals surface area contributed by atoms with Crippen LogP contribution in [0.3, 0.4) is 0 Å². The van der Waals surface area contributed by atoms with Gasteiger partial charge in [0.25, 0.3) is 0 Å². The van der Waals surface area contributed by atoms with Crippen LogP contribution in [0.25, 0.3) is 0 Å². The average molecular weight is 277 g/mol. The molecule has 1 N–H and O–H groups in total. The number of rotatable bonds is 6. The first-order valence-corrected chi connectivity index (χ1v) is 6.61. The van der Waals surface area contributed by atoms with Gasteiger partial charge >= 0.3 is 0 Å². The summed E-state index contributed by atoms with van der Waals surface area (Å²) in [6.45, 7) is 1.83. The normalized spacial score (nSPS) is 10.2. The van der Waals surface area contributed by atoms with Crippen molar-refractivity contribution in [2.24, 2.45) is 0 Å². The fourth-order valence-electron chi connectivity index (χ4n) is 1.77. The molecule has 1 aromatic carbocycles. The molecule has 0 aliphatic rings. The quantitative estimate of drug-likeness (QED) is 0.650. The highest BCUT2D eigenvalue weighted by Crippen LogP contribution is 2.11. The number of halogens is 1. The minimum Gasteiger partial charge on any atom is -0.375 e. The topological polar surface area (TPSA) is 41.0 Å². The van der Waals surface area contributed by atoms with E-state index in [-0.39, 0.29) is 0 Å². The van der Waals surface area contributed by atoms with Crippen LogP contribution in [0, 0.1) is 0 Å².